The summed E-state index contributed by atoms with van der Waals surface area (Å²) in [4.78, 5) is 15.6. The van der Waals surface area contributed by atoms with Gasteiger partial charge in [-0.1, -0.05) is 66.7 Å². The van der Waals surface area contributed by atoms with E-state index in [1.165, 1.54) is 16.3 Å². The normalized spacial score (nSPS) is 11.2. The lowest BCUT2D eigenvalue weighted by Crippen LogP contribution is -2.06. The largest absolute Gasteiger partial charge is 0.493 e. The third-order valence-corrected chi connectivity index (χ3v) is 6.08. The Hall–Kier alpha value is -4.12. The highest BCUT2D eigenvalue weighted by Gasteiger charge is 2.10. The fourth-order valence-corrected chi connectivity index (χ4v) is 4.29. The Bertz CT molecular complexity index is 1450. The van der Waals surface area contributed by atoms with E-state index in [4.69, 9.17) is 9.84 Å². The van der Waals surface area contributed by atoms with E-state index < -0.39 is 5.97 Å². The monoisotopic (exact) mass is 450 g/mol. The zero-order valence-corrected chi connectivity index (χ0v) is 18.9. The molecule has 1 aromatic heterocycles. The molecule has 0 radical (unpaired) electrons. The fourth-order valence-electron chi connectivity index (χ4n) is 4.29. The van der Waals surface area contributed by atoms with Crippen molar-refractivity contribution >= 4 is 27.8 Å². The second-order valence-electron chi connectivity index (χ2n) is 8.48. The molecule has 170 valence electrons. The molecule has 0 fully saturated rings. The summed E-state index contributed by atoms with van der Waals surface area (Å²) in [5.41, 5.74) is 5.26. The molecule has 5 rings (SSSR count). The third kappa shape index (κ3) is 4.94. The highest BCUT2D eigenvalue weighted by molar-refractivity contribution is 5.83. The number of nitrogens with zero attached hydrogens (tertiary/aromatic N) is 2. The molecule has 5 heteroatoms. The highest BCUT2D eigenvalue weighted by atomic mass is 16.5. The molecule has 0 spiro atoms. The predicted octanol–water partition coefficient (Wildman–Crippen LogP) is 5.88. The van der Waals surface area contributed by atoms with Gasteiger partial charge in [0.15, 0.2) is 0 Å². The Morgan fingerprint density at radius 1 is 0.853 bits per heavy atom. The summed E-state index contributed by atoms with van der Waals surface area (Å²) in [5.74, 6) is -0.0555. The molecule has 1 N–H and O–H groups in total. The molecule has 0 aliphatic heterocycles. The third-order valence-electron chi connectivity index (χ3n) is 6.08. The van der Waals surface area contributed by atoms with Gasteiger partial charge in [0.25, 0.3) is 0 Å². The summed E-state index contributed by atoms with van der Waals surface area (Å²) in [6.07, 6.45) is 3.14. The average molecular weight is 451 g/mol. The van der Waals surface area contributed by atoms with Crippen LogP contribution in [0.25, 0.3) is 21.8 Å². The van der Waals surface area contributed by atoms with Gasteiger partial charge in [-0.05, 0) is 52.1 Å². The number of rotatable bonds is 9. The van der Waals surface area contributed by atoms with Crippen LogP contribution in [0.4, 0.5) is 0 Å². The molecule has 0 atom stereocenters. The van der Waals surface area contributed by atoms with Gasteiger partial charge in [-0.25, -0.2) is 4.98 Å². The molecular formula is C29H26N2O3. The van der Waals surface area contributed by atoms with Crippen molar-refractivity contribution in [2.24, 2.45) is 0 Å². The van der Waals surface area contributed by atoms with Gasteiger partial charge < -0.3 is 14.4 Å². The van der Waals surface area contributed by atoms with Crippen LogP contribution in [0.15, 0.2) is 91.3 Å². The maximum Gasteiger partial charge on any atom is 0.303 e. The number of hydrogen-bond acceptors (Lipinski definition) is 3. The molecule has 1 heterocycles. The lowest BCUT2D eigenvalue weighted by atomic mass is 10.0. The van der Waals surface area contributed by atoms with Gasteiger partial charge in [-0.3, -0.25) is 4.79 Å². The van der Waals surface area contributed by atoms with E-state index in [0.717, 1.165) is 34.3 Å². The number of hydrogen-bond donors (Lipinski definition) is 1. The van der Waals surface area contributed by atoms with Crippen molar-refractivity contribution in [1.29, 1.82) is 0 Å². The lowest BCUT2D eigenvalue weighted by Gasteiger charge is -2.14. The van der Waals surface area contributed by atoms with E-state index in [9.17, 15) is 4.79 Å². The van der Waals surface area contributed by atoms with Crippen molar-refractivity contribution in [2.45, 2.75) is 25.8 Å². The summed E-state index contributed by atoms with van der Waals surface area (Å²) in [6, 6.07) is 28.9. The maximum absolute atomic E-state index is 11.1. The molecule has 0 saturated carbocycles. The Balaban J connectivity index is 1.33. The van der Waals surface area contributed by atoms with E-state index in [0.29, 0.717) is 19.6 Å². The number of carboxylic acids is 1. The standard InChI is InChI=1S/C29H26N2O3/c32-29(33)14-13-24-12-10-22(19-31-20-30-26-7-3-4-8-27(26)31)18-28(24)34-16-15-21-9-11-23-5-1-2-6-25(23)17-21/h1-12,17-18,20H,13-16,19H2,(H,32,33). The van der Waals surface area contributed by atoms with Crippen LogP contribution in [-0.4, -0.2) is 27.2 Å². The molecule has 5 aromatic rings. The van der Waals surface area contributed by atoms with Crippen LogP contribution in [0.1, 0.15) is 23.1 Å². The van der Waals surface area contributed by atoms with Crippen LogP contribution in [0, 0.1) is 0 Å². The second kappa shape index (κ2) is 9.79. The summed E-state index contributed by atoms with van der Waals surface area (Å²) >= 11 is 0. The van der Waals surface area contributed by atoms with E-state index >= 15 is 0 Å². The number of aliphatic carboxylic acids is 1. The first-order valence-electron chi connectivity index (χ1n) is 11.5. The molecule has 0 amide bonds. The van der Waals surface area contributed by atoms with Gasteiger partial charge in [-0.15, -0.1) is 0 Å². The number of para-hydroxylation sites is 2. The van der Waals surface area contributed by atoms with E-state index in [1.54, 1.807) is 0 Å². The average Bonchev–Trinajstić information content (AvgIpc) is 3.26. The molecular weight excluding hydrogens is 424 g/mol. The number of imidazole rings is 1. The summed E-state index contributed by atoms with van der Waals surface area (Å²) in [7, 11) is 0. The van der Waals surface area contributed by atoms with Crippen LogP contribution in [0.3, 0.4) is 0 Å². The number of aryl methyl sites for hydroxylation is 1. The van der Waals surface area contributed by atoms with Crippen LogP contribution < -0.4 is 4.74 Å². The minimum absolute atomic E-state index is 0.0759. The van der Waals surface area contributed by atoms with Gasteiger partial charge >= 0.3 is 5.97 Å². The number of carboxylic acid groups (broad SMARTS) is 1. The van der Waals surface area contributed by atoms with Crippen molar-refractivity contribution < 1.29 is 14.6 Å². The molecule has 5 nitrogen and oxygen atoms in total. The molecule has 34 heavy (non-hydrogen) atoms. The minimum Gasteiger partial charge on any atom is -0.493 e. The summed E-state index contributed by atoms with van der Waals surface area (Å²) < 4.78 is 8.33. The van der Waals surface area contributed by atoms with Crippen LogP contribution >= 0.6 is 0 Å². The molecule has 0 aliphatic carbocycles. The highest BCUT2D eigenvalue weighted by Crippen LogP contribution is 2.25. The van der Waals surface area contributed by atoms with Crippen molar-refractivity contribution in [3.63, 3.8) is 0 Å². The Morgan fingerprint density at radius 3 is 2.53 bits per heavy atom. The molecule has 0 saturated heterocycles. The van der Waals surface area contributed by atoms with Gasteiger partial charge in [-0.2, -0.15) is 0 Å². The number of fused-ring (bicyclic) bond motifs is 2. The minimum atomic E-state index is -0.809. The predicted molar refractivity (Wildman–Crippen MR) is 134 cm³/mol. The van der Waals surface area contributed by atoms with Gasteiger partial charge in [0, 0.05) is 19.4 Å². The second-order valence-corrected chi connectivity index (χ2v) is 8.48. The first-order chi connectivity index (χ1) is 16.7. The quantitative estimate of drug-likeness (QED) is 0.305. The van der Waals surface area contributed by atoms with Gasteiger partial charge in [0.1, 0.15) is 5.75 Å². The van der Waals surface area contributed by atoms with Crippen LogP contribution in [0.2, 0.25) is 0 Å². The first-order valence-corrected chi connectivity index (χ1v) is 11.5. The van der Waals surface area contributed by atoms with Gasteiger partial charge in [0.05, 0.1) is 24.0 Å². The summed E-state index contributed by atoms with van der Waals surface area (Å²) in [6.45, 7) is 1.19. The summed E-state index contributed by atoms with van der Waals surface area (Å²) in [5, 5.41) is 11.6. The van der Waals surface area contributed by atoms with Crippen LogP contribution in [0.5, 0.6) is 5.75 Å². The zero-order valence-electron chi connectivity index (χ0n) is 18.9. The molecule has 4 aromatic carbocycles. The van der Waals surface area contributed by atoms with Crippen LogP contribution in [-0.2, 0) is 24.2 Å². The maximum atomic E-state index is 11.1. The van der Waals surface area contributed by atoms with Crippen molar-refractivity contribution in [2.75, 3.05) is 6.61 Å². The number of ether oxygens (including phenoxy) is 1. The lowest BCUT2D eigenvalue weighted by molar-refractivity contribution is -0.136. The van der Waals surface area contributed by atoms with Gasteiger partial charge in [0.2, 0.25) is 0 Å². The van der Waals surface area contributed by atoms with E-state index in [-0.39, 0.29) is 6.42 Å². The van der Waals surface area contributed by atoms with Crippen molar-refractivity contribution in [3.8, 4) is 5.75 Å². The van der Waals surface area contributed by atoms with E-state index in [2.05, 4.69) is 45.9 Å². The molecule has 0 bridgehead atoms. The molecule has 0 unspecified atom stereocenters. The smallest absolute Gasteiger partial charge is 0.303 e. The van der Waals surface area contributed by atoms with Crippen molar-refractivity contribution in [3.05, 3.63) is 108 Å². The zero-order chi connectivity index (χ0) is 23.3. The number of benzene rings is 4. The van der Waals surface area contributed by atoms with Crippen molar-refractivity contribution in [1.82, 2.24) is 9.55 Å². The number of aromatic nitrogens is 2. The Morgan fingerprint density at radius 2 is 1.65 bits per heavy atom. The molecule has 0 aliphatic rings. The van der Waals surface area contributed by atoms with E-state index in [1.807, 2.05) is 54.9 Å². The first kappa shape index (κ1) is 21.7. The Labute approximate surface area is 198 Å². The SMILES string of the molecule is O=C(O)CCc1ccc(Cn2cnc3ccccc32)cc1OCCc1ccc2ccccc2c1. The Kier molecular flexibility index (Phi) is 6.25. The fraction of sp³-hybridized carbons (Fsp3) is 0.172. The number of carbonyl (C=O) groups is 1. The topological polar surface area (TPSA) is 64.3 Å².